The van der Waals surface area contributed by atoms with Gasteiger partial charge in [0.05, 0.1) is 16.1 Å². The first-order valence-electron chi connectivity index (χ1n) is 6.98. The Kier molecular flexibility index (Phi) is 4.45. The van der Waals surface area contributed by atoms with Crippen molar-refractivity contribution in [3.63, 3.8) is 0 Å². The molecule has 1 heterocycles. The number of nitrogens with one attached hydrogen (secondary N) is 1. The summed E-state index contributed by atoms with van der Waals surface area (Å²) in [5, 5.41) is 10.1. The van der Waals surface area contributed by atoms with Gasteiger partial charge in [0.25, 0.3) is 5.91 Å². The number of hydrogen-bond acceptors (Lipinski definition) is 3. The molecule has 1 amide bonds. The maximum Gasteiger partial charge on any atom is 0.416 e. The van der Waals surface area contributed by atoms with E-state index in [1.54, 1.807) is 16.7 Å². The van der Waals surface area contributed by atoms with E-state index in [9.17, 15) is 18.0 Å². The maximum absolute atomic E-state index is 12.6. The van der Waals surface area contributed by atoms with Crippen LogP contribution in [0.25, 0.3) is 5.69 Å². The van der Waals surface area contributed by atoms with Gasteiger partial charge < -0.3 is 5.32 Å². The normalized spacial score (nSPS) is 11.4. The van der Waals surface area contributed by atoms with Crippen molar-refractivity contribution in [2.24, 2.45) is 0 Å². The second kappa shape index (κ2) is 6.56. The second-order valence-corrected chi connectivity index (χ2v) is 5.47. The fraction of sp³-hybridized carbons (Fsp3) is 0.0625. The molecule has 9 heteroatoms. The first-order chi connectivity index (χ1) is 11.8. The van der Waals surface area contributed by atoms with Crippen LogP contribution in [0.3, 0.4) is 0 Å². The molecule has 2 aromatic carbocycles. The highest BCUT2D eigenvalue weighted by atomic mass is 35.5. The van der Waals surface area contributed by atoms with Gasteiger partial charge in [0, 0.05) is 11.4 Å². The molecule has 0 unspecified atom stereocenters. The van der Waals surface area contributed by atoms with Crippen molar-refractivity contribution in [3.05, 3.63) is 71.3 Å². The second-order valence-electron chi connectivity index (χ2n) is 5.06. The van der Waals surface area contributed by atoms with Crippen LogP contribution < -0.4 is 5.32 Å². The Morgan fingerprint density at radius 1 is 1.04 bits per heavy atom. The minimum atomic E-state index is -4.43. The van der Waals surface area contributed by atoms with Gasteiger partial charge in [-0.25, -0.2) is 0 Å². The van der Waals surface area contributed by atoms with E-state index in [1.807, 2.05) is 0 Å². The van der Waals surface area contributed by atoms with Gasteiger partial charge in [0.15, 0.2) is 0 Å². The maximum atomic E-state index is 12.6. The average molecular weight is 367 g/mol. The lowest BCUT2D eigenvalue weighted by Gasteiger charge is -2.10. The Morgan fingerprint density at radius 3 is 2.28 bits per heavy atom. The van der Waals surface area contributed by atoms with Crippen molar-refractivity contribution in [1.29, 1.82) is 0 Å². The molecule has 0 radical (unpaired) electrons. The molecule has 1 N–H and O–H groups in total. The van der Waals surface area contributed by atoms with Crippen LogP contribution >= 0.6 is 11.6 Å². The van der Waals surface area contributed by atoms with Crippen LogP contribution in [-0.4, -0.2) is 20.7 Å². The summed E-state index contributed by atoms with van der Waals surface area (Å²) in [6, 6.07) is 8.90. The molecule has 0 saturated carbocycles. The van der Waals surface area contributed by atoms with Gasteiger partial charge in [-0.15, -0.1) is 10.2 Å². The molecule has 0 spiro atoms. The summed E-state index contributed by atoms with van der Waals surface area (Å²) in [6.07, 6.45) is -1.51. The lowest BCUT2D eigenvalue weighted by atomic mass is 10.1. The van der Waals surface area contributed by atoms with Crippen molar-refractivity contribution >= 4 is 23.2 Å². The summed E-state index contributed by atoms with van der Waals surface area (Å²) < 4.78 is 39.3. The summed E-state index contributed by atoms with van der Waals surface area (Å²) in [7, 11) is 0. The number of halogens is 4. The van der Waals surface area contributed by atoms with E-state index >= 15 is 0 Å². The van der Waals surface area contributed by atoms with Crippen LogP contribution in [0.4, 0.5) is 18.9 Å². The molecule has 3 aromatic rings. The van der Waals surface area contributed by atoms with Crippen molar-refractivity contribution < 1.29 is 18.0 Å². The topological polar surface area (TPSA) is 59.8 Å². The molecule has 0 atom stereocenters. The Hall–Kier alpha value is -2.87. The van der Waals surface area contributed by atoms with E-state index < -0.39 is 17.6 Å². The van der Waals surface area contributed by atoms with Gasteiger partial charge in [-0.3, -0.25) is 9.36 Å². The van der Waals surface area contributed by atoms with Crippen LogP contribution in [0.15, 0.2) is 55.1 Å². The van der Waals surface area contributed by atoms with Gasteiger partial charge in [0.1, 0.15) is 12.7 Å². The molecule has 0 aliphatic carbocycles. The first-order valence-corrected chi connectivity index (χ1v) is 7.35. The molecule has 3 rings (SSSR count). The number of hydrogen-bond donors (Lipinski definition) is 1. The summed E-state index contributed by atoms with van der Waals surface area (Å²) >= 11 is 6.05. The third-order valence-corrected chi connectivity index (χ3v) is 3.71. The van der Waals surface area contributed by atoms with E-state index in [0.29, 0.717) is 5.69 Å². The number of amides is 1. The van der Waals surface area contributed by atoms with Crippen molar-refractivity contribution in [2.45, 2.75) is 6.18 Å². The molecule has 128 valence electrons. The predicted molar refractivity (Wildman–Crippen MR) is 85.8 cm³/mol. The quantitative estimate of drug-likeness (QED) is 0.756. The minimum Gasteiger partial charge on any atom is -0.322 e. The van der Waals surface area contributed by atoms with E-state index in [2.05, 4.69) is 15.5 Å². The van der Waals surface area contributed by atoms with Crippen LogP contribution in [0.2, 0.25) is 5.02 Å². The van der Waals surface area contributed by atoms with Crippen LogP contribution in [0.1, 0.15) is 15.9 Å². The van der Waals surface area contributed by atoms with Crippen LogP contribution in [-0.2, 0) is 6.18 Å². The van der Waals surface area contributed by atoms with E-state index in [-0.39, 0.29) is 16.3 Å². The SMILES string of the molecule is O=C(Nc1ccc(C(F)(F)F)cc1)c1cc(-n2cnnc2)ccc1Cl. The molecule has 25 heavy (non-hydrogen) atoms. The minimum absolute atomic E-state index is 0.174. The van der Waals surface area contributed by atoms with Gasteiger partial charge in [-0.2, -0.15) is 13.2 Å². The zero-order valence-electron chi connectivity index (χ0n) is 12.5. The third kappa shape index (κ3) is 3.80. The fourth-order valence-corrected chi connectivity index (χ4v) is 2.33. The van der Waals surface area contributed by atoms with Crippen molar-refractivity contribution in [1.82, 2.24) is 14.8 Å². The Labute approximate surface area is 145 Å². The first kappa shape index (κ1) is 17.0. The number of benzene rings is 2. The highest BCUT2D eigenvalue weighted by molar-refractivity contribution is 6.34. The van der Waals surface area contributed by atoms with E-state index in [0.717, 1.165) is 12.1 Å². The monoisotopic (exact) mass is 366 g/mol. The smallest absolute Gasteiger partial charge is 0.322 e. The zero-order valence-corrected chi connectivity index (χ0v) is 13.2. The van der Waals surface area contributed by atoms with Crippen LogP contribution in [0.5, 0.6) is 0 Å². The average Bonchev–Trinajstić information content (AvgIpc) is 3.09. The van der Waals surface area contributed by atoms with Crippen molar-refractivity contribution in [3.8, 4) is 5.69 Å². The Balaban J connectivity index is 1.83. The number of alkyl halides is 3. The number of carbonyl (C=O) groups excluding carboxylic acids is 1. The molecule has 0 saturated heterocycles. The Bertz CT molecular complexity index is 893. The summed E-state index contributed by atoms with van der Waals surface area (Å²) in [5.74, 6) is -0.542. The van der Waals surface area contributed by atoms with Crippen molar-refractivity contribution in [2.75, 3.05) is 5.32 Å². The molecule has 1 aromatic heterocycles. The molecule has 0 aliphatic rings. The standard InChI is InChI=1S/C16H10ClF3N4O/c17-14-6-5-12(24-8-21-22-9-24)7-13(14)15(25)23-11-3-1-10(2-4-11)16(18,19)20/h1-9H,(H,23,25). The lowest BCUT2D eigenvalue weighted by Crippen LogP contribution is -2.13. The number of nitrogens with zero attached hydrogens (tertiary/aromatic N) is 3. The van der Waals surface area contributed by atoms with E-state index in [4.69, 9.17) is 11.6 Å². The molecule has 0 aliphatic heterocycles. The van der Waals surface area contributed by atoms with E-state index in [1.165, 1.54) is 30.9 Å². The number of carbonyl (C=O) groups is 1. The molecule has 5 nitrogen and oxygen atoms in total. The number of aromatic nitrogens is 3. The molecular weight excluding hydrogens is 357 g/mol. The molecule has 0 fully saturated rings. The van der Waals surface area contributed by atoms with Gasteiger partial charge in [0.2, 0.25) is 0 Å². The Morgan fingerprint density at radius 2 is 1.68 bits per heavy atom. The van der Waals surface area contributed by atoms with Gasteiger partial charge in [-0.1, -0.05) is 11.6 Å². The highest BCUT2D eigenvalue weighted by Crippen LogP contribution is 2.30. The molecule has 0 bridgehead atoms. The number of anilines is 1. The summed E-state index contributed by atoms with van der Waals surface area (Å²) in [5.41, 5.74) is 0.224. The lowest BCUT2D eigenvalue weighted by molar-refractivity contribution is -0.137. The fourth-order valence-electron chi connectivity index (χ4n) is 2.12. The predicted octanol–water partition coefficient (Wildman–Crippen LogP) is 4.19. The highest BCUT2D eigenvalue weighted by Gasteiger charge is 2.30. The van der Waals surface area contributed by atoms with Gasteiger partial charge >= 0.3 is 6.18 Å². The third-order valence-electron chi connectivity index (χ3n) is 3.38. The van der Waals surface area contributed by atoms with Crippen LogP contribution in [0, 0.1) is 0 Å². The molecular formula is C16H10ClF3N4O. The zero-order chi connectivity index (χ0) is 18.0. The number of rotatable bonds is 3. The summed E-state index contributed by atoms with van der Waals surface area (Å²) in [6.45, 7) is 0. The summed E-state index contributed by atoms with van der Waals surface area (Å²) in [4.78, 5) is 12.4. The largest absolute Gasteiger partial charge is 0.416 e. The van der Waals surface area contributed by atoms with Gasteiger partial charge in [-0.05, 0) is 42.5 Å².